The number of halogens is 1. The van der Waals surface area contributed by atoms with E-state index in [-0.39, 0.29) is 11.5 Å². The van der Waals surface area contributed by atoms with Crippen molar-refractivity contribution in [1.29, 1.82) is 0 Å². The van der Waals surface area contributed by atoms with Gasteiger partial charge in [-0.25, -0.2) is 4.39 Å². The summed E-state index contributed by atoms with van der Waals surface area (Å²) in [5, 5.41) is 13.7. The molecule has 0 heterocycles. The summed E-state index contributed by atoms with van der Waals surface area (Å²) >= 11 is 0. The van der Waals surface area contributed by atoms with E-state index in [9.17, 15) is 14.5 Å². The lowest BCUT2D eigenvalue weighted by Crippen LogP contribution is -2.04. The van der Waals surface area contributed by atoms with Gasteiger partial charge in [0, 0.05) is 24.4 Å². The van der Waals surface area contributed by atoms with Crippen LogP contribution in [0.15, 0.2) is 48.5 Å². The molecule has 0 atom stereocenters. The monoisotopic (exact) mass is 260 g/mol. The van der Waals surface area contributed by atoms with Gasteiger partial charge in [0.2, 0.25) is 0 Å². The molecule has 0 aliphatic rings. The second-order valence-corrected chi connectivity index (χ2v) is 4.11. The topological polar surface area (TPSA) is 55.2 Å². The van der Waals surface area contributed by atoms with E-state index in [0.29, 0.717) is 6.54 Å². The lowest BCUT2D eigenvalue weighted by Gasteiger charge is -2.06. The molecule has 0 aliphatic heterocycles. The van der Waals surface area contributed by atoms with Gasteiger partial charge in [0.05, 0.1) is 4.92 Å². The SMILES string of the molecule is O=[N+]([O-])c1ccc(NCCc2ccc(F)cc2)cc1. The number of benzene rings is 2. The Hall–Kier alpha value is -2.43. The van der Waals surface area contributed by atoms with Gasteiger partial charge in [-0.1, -0.05) is 12.1 Å². The van der Waals surface area contributed by atoms with Crippen molar-refractivity contribution in [2.75, 3.05) is 11.9 Å². The van der Waals surface area contributed by atoms with Gasteiger partial charge >= 0.3 is 0 Å². The average Bonchev–Trinajstić information content (AvgIpc) is 2.41. The largest absolute Gasteiger partial charge is 0.385 e. The van der Waals surface area contributed by atoms with Gasteiger partial charge in [-0.15, -0.1) is 0 Å². The first-order chi connectivity index (χ1) is 9.15. The molecule has 0 unspecified atom stereocenters. The fourth-order valence-electron chi connectivity index (χ4n) is 1.70. The molecule has 0 saturated carbocycles. The number of hydrogen-bond donors (Lipinski definition) is 1. The van der Waals surface area contributed by atoms with Crippen molar-refractivity contribution < 1.29 is 9.31 Å². The predicted molar refractivity (Wildman–Crippen MR) is 71.7 cm³/mol. The summed E-state index contributed by atoms with van der Waals surface area (Å²) in [7, 11) is 0. The smallest absolute Gasteiger partial charge is 0.269 e. The molecule has 0 aliphatic carbocycles. The molecule has 1 N–H and O–H groups in total. The normalized spacial score (nSPS) is 10.2. The van der Waals surface area contributed by atoms with E-state index >= 15 is 0 Å². The summed E-state index contributed by atoms with van der Waals surface area (Å²) < 4.78 is 12.7. The molecule has 19 heavy (non-hydrogen) atoms. The average molecular weight is 260 g/mol. The number of nitrogens with zero attached hydrogens (tertiary/aromatic N) is 1. The van der Waals surface area contributed by atoms with Gasteiger partial charge in [-0.05, 0) is 36.2 Å². The molecule has 5 heteroatoms. The number of nitro benzene ring substituents is 1. The van der Waals surface area contributed by atoms with Crippen LogP contribution in [-0.4, -0.2) is 11.5 Å². The summed E-state index contributed by atoms with van der Waals surface area (Å²) in [6.45, 7) is 0.684. The molecule has 2 aromatic rings. The number of hydrogen-bond acceptors (Lipinski definition) is 3. The van der Waals surface area contributed by atoms with Crippen LogP contribution in [0.25, 0.3) is 0 Å². The second kappa shape index (κ2) is 5.95. The number of rotatable bonds is 5. The third-order valence-corrected chi connectivity index (χ3v) is 2.73. The van der Waals surface area contributed by atoms with E-state index in [4.69, 9.17) is 0 Å². The minimum Gasteiger partial charge on any atom is -0.385 e. The van der Waals surface area contributed by atoms with Gasteiger partial charge in [-0.2, -0.15) is 0 Å². The van der Waals surface area contributed by atoms with Crippen molar-refractivity contribution in [3.8, 4) is 0 Å². The molecule has 0 radical (unpaired) electrons. The van der Waals surface area contributed by atoms with E-state index in [1.165, 1.54) is 24.3 Å². The highest BCUT2D eigenvalue weighted by Gasteiger charge is 2.03. The van der Waals surface area contributed by atoms with Gasteiger partial charge in [0.1, 0.15) is 5.82 Å². The van der Waals surface area contributed by atoms with E-state index in [0.717, 1.165) is 17.7 Å². The third kappa shape index (κ3) is 3.77. The molecule has 0 fully saturated rings. The van der Waals surface area contributed by atoms with Crippen molar-refractivity contribution in [2.24, 2.45) is 0 Å². The van der Waals surface area contributed by atoms with Crippen molar-refractivity contribution in [2.45, 2.75) is 6.42 Å². The van der Waals surface area contributed by atoms with Crippen LogP contribution in [0.4, 0.5) is 15.8 Å². The van der Waals surface area contributed by atoms with E-state index < -0.39 is 4.92 Å². The van der Waals surface area contributed by atoms with Crippen LogP contribution >= 0.6 is 0 Å². The maximum absolute atomic E-state index is 12.7. The van der Waals surface area contributed by atoms with Gasteiger partial charge in [0.25, 0.3) is 5.69 Å². The second-order valence-electron chi connectivity index (χ2n) is 4.11. The summed E-state index contributed by atoms with van der Waals surface area (Å²) in [6, 6.07) is 12.6. The Kier molecular flexibility index (Phi) is 4.07. The van der Waals surface area contributed by atoms with Crippen LogP contribution in [-0.2, 0) is 6.42 Å². The zero-order valence-corrected chi connectivity index (χ0v) is 10.2. The van der Waals surface area contributed by atoms with Crippen LogP contribution in [0.5, 0.6) is 0 Å². The van der Waals surface area contributed by atoms with Gasteiger partial charge in [0.15, 0.2) is 0 Å². The Morgan fingerprint density at radius 2 is 1.68 bits per heavy atom. The minimum absolute atomic E-state index is 0.0732. The summed E-state index contributed by atoms with van der Waals surface area (Å²) in [5.41, 5.74) is 1.94. The lowest BCUT2D eigenvalue weighted by atomic mass is 10.1. The Balaban J connectivity index is 1.85. The van der Waals surface area contributed by atoms with Crippen LogP contribution in [0.1, 0.15) is 5.56 Å². The summed E-state index contributed by atoms with van der Waals surface area (Å²) in [4.78, 5) is 10.1. The number of nitro groups is 1. The van der Waals surface area contributed by atoms with Crippen LogP contribution < -0.4 is 5.32 Å². The van der Waals surface area contributed by atoms with E-state index in [1.807, 2.05) is 0 Å². The van der Waals surface area contributed by atoms with Crippen molar-refractivity contribution in [3.05, 3.63) is 70.0 Å². The van der Waals surface area contributed by atoms with Gasteiger partial charge < -0.3 is 5.32 Å². The molecular formula is C14H13FN2O2. The highest BCUT2D eigenvalue weighted by molar-refractivity contribution is 5.48. The maximum atomic E-state index is 12.7. The summed E-state index contributed by atoms with van der Waals surface area (Å²) in [6.07, 6.45) is 0.761. The predicted octanol–water partition coefficient (Wildman–Crippen LogP) is 3.39. The minimum atomic E-state index is -0.428. The zero-order chi connectivity index (χ0) is 13.7. The quantitative estimate of drug-likeness (QED) is 0.662. The molecular weight excluding hydrogens is 247 g/mol. The summed E-state index contributed by atoms with van der Waals surface area (Å²) in [5.74, 6) is -0.243. The Bertz CT molecular complexity index is 553. The molecule has 0 aromatic heterocycles. The van der Waals surface area contributed by atoms with Crippen molar-refractivity contribution >= 4 is 11.4 Å². The van der Waals surface area contributed by atoms with Gasteiger partial charge in [-0.3, -0.25) is 10.1 Å². The first kappa shape index (κ1) is 13.0. The fourth-order valence-corrected chi connectivity index (χ4v) is 1.70. The first-order valence-corrected chi connectivity index (χ1v) is 5.88. The molecule has 2 aromatic carbocycles. The van der Waals surface area contributed by atoms with Crippen molar-refractivity contribution in [1.82, 2.24) is 0 Å². The Morgan fingerprint density at radius 3 is 2.26 bits per heavy atom. The molecule has 98 valence electrons. The number of non-ortho nitro benzene ring substituents is 1. The number of anilines is 1. The molecule has 0 saturated heterocycles. The Morgan fingerprint density at radius 1 is 1.05 bits per heavy atom. The highest BCUT2D eigenvalue weighted by atomic mass is 19.1. The van der Waals surface area contributed by atoms with E-state index in [2.05, 4.69) is 5.32 Å². The van der Waals surface area contributed by atoms with Crippen LogP contribution in [0.2, 0.25) is 0 Å². The third-order valence-electron chi connectivity index (χ3n) is 2.73. The maximum Gasteiger partial charge on any atom is 0.269 e. The fraction of sp³-hybridized carbons (Fsp3) is 0.143. The first-order valence-electron chi connectivity index (χ1n) is 5.88. The number of nitrogens with one attached hydrogen (secondary N) is 1. The van der Waals surface area contributed by atoms with Crippen molar-refractivity contribution in [3.63, 3.8) is 0 Å². The molecule has 0 amide bonds. The highest BCUT2D eigenvalue weighted by Crippen LogP contribution is 2.15. The van der Waals surface area contributed by atoms with E-state index in [1.54, 1.807) is 24.3 Å². The zero-order valence-electron chi connectivity index (χ0n) is 10.2. The molecule has 0 spiro atoms. The Labute approximate surface area is 110 Å². The molecule has 2 rings (SSSR count). The standard InChI is InChI=1S/C14H13FN2O2/c15-12-3-1-11(2-4-12)9-10-16-13-5-7-14(8-6-13)17(18)19/h1-8,16H,9-10H2. The van der Waals surface area contributed by atoms with Crippen LogP contribution in [0.3, 0.4) is 0 Å². The lowest BCUT2D eigenvalue weighted by molar-refractivity contribution is -0.384. The molecule has 4 nitrogen and oxygen atoms in total. The van der Waals surface area contributed by atoms with Crippen LogP contribution in [0, 0.1) is 15.9 Å². The molecule has 0 bridgehead atoms.